The Kier molecular flexibility index (Phi) is 30.2. The highest BCUT2D eigenvalue weighted by Crippen LogP contribution is 2.60. The summed E-state index contributed by atoms with van der Waals surface area (Å²) >= 11 is 3.94. The van der Waals surface area contributed by atoms with Gasteiger partial charge in [-0.3, -0.25) is 74.2 Å². The Labute approximate surface area is 869 Å². The van der Waals surface area contributed by atoms with Gasteiger partial charge in [-0.1, -0.05) is 130 Å². The molecule has 770 valence electrons. The molecule has 147 heavy (non-hydrogen) atoms. The van der Waals surface area contributed by atoms with Crippen molar-refractivity contribution >= 4 is 171 Å². The second-order valence-corrected chi connectivity index (χ2v) is 47.2. The van der Waals surface area contributed by atoms with E-state index in [1.54, 1.807) is 43.5 Å². The minimum atomic E-state index is -0.254. The van der Waals surface area contributed by atoms with Crippen molar-refractivity contribution in [3.8, 4) is 0 Å². The minimum absolute atomic E-state index is 0.00360. The molecule has 9 aliphatic rings. The topological polar surface area (TPSA) is 364 Å². The van der Waals surface area contributed by atoms with E-state index in [2.05, 4.69) is 184 Å². The van der Waals surface area contributed by atoms with Crippen LogP contribution in [0.2, 0.25) is 0 Å². The molecule has 10 amide bonds. The molecule has 12 heterocycles. The maximum Gasteiger partial charge on any atom is 0.268 e. The van der Waals surface area contributed by atoms with E-state index in [0.29, 0.717) is 72.5 Å². The predicted molar refractivity (Wildman–Crippen MR) is 582 cm³/mol. The number of pyridine rings is 1. The van der Waals surface area contributed by atoms with Gasteiger partial charge in [0.2, 0.25) is 59.2 Å². The Morgan fingerprint density at radius 1 is 0.422 bits per heavy atom. The van der Waals surface area contributed by atoms with E-state index in [1.807, 2.05) is 98.6 Å². The van der Waals surface area contributed by atoms with Gasteiger partial charge in [0, 0.05) is 126 Å². The standard InChI is InChI=1S/C31H40N6O2.C29H37N5O2S.C28H31N5O3S.C25H27N5O3S/c1-7-27(38)36-13-12-31(19-36)15-24(16-31)37-26-11-9-22(17-33-21(3)30(4,5)6)14-25(26)34-29(37)35-28(39)23-10-8-20(2)32-18-23;1-6-25(35)33-12-11-29(18-33)15-21(16-29)34-23-10-9-20(17-30-19(2)28(3,4)5)14-22(23)31-27(34)32-26(36)24-8-7-13-37-24;1-2-24(34)32-14-13-28(17-32)15-19(16-28)33-21-10-6-5-9-20(21)29-27(33)31-26(36)22-11-12-23(37-22)30-25(35)18-7-3-4-8-18;1-3-20(31)27-21-10-9-19(34-21)23(33)28-24-26-17-7-5-6-8-18(17)30(24)16-13-25(14-16)11-12-29(15-25)22(32)4-2/h7-11,14,18,21,24,33H,1,12-13,15-17,19H2,2-6H3,(H,34,35,39);6-10,13-14,19,21,30H,1,11-12,15-18H2,2-5H3,(H,31,32,36);2,5-6,9-12,18-19H,1,3-4,7-8,13-17H2,(H,30,35)(H,29,31,36);4-10,16H,2-3,11-15H2,1H3,(H,27,31)(H,26,28,33)/t21-,24?,31?;19-,21?,29?;;/m00../s1. The van der Waals surface area contributed by atoms with Crippen LogP contribution >= 0.6 is 34.0 Å². The fourth-order valence-electron chi connectivity index (χ4n) is 22.8. The van der Waals surface area contributed by atoms with Crippen LogP contribution in [-0.4, -0.2) is 186 Å². The van der Waals surface area contributed by atoms with Gasteiger partial charge in [-0.25, -0.2) is 19.9 Å². The van der Waals surface area contributed by atoms with E-state index >= 15 is 0 Å². The molecular weight excluding hydrogens is 1910 g/mol. The molecule has 4 saturated heterocycles. The van der Waals surface area contributed by atoms with Gasteiger partial charge in [0.05, 0.1) is 74.3 Å². The monoisotopic (exact) mass is 2040 g/mol. The van der Waals surface area contributed by atoms with Gasteiger partial charge >= 0.3 is 0 Å². The number of anilines is 6. The van der Waals surface area contributed by atoms with Crippen molar-refractivity contribution in [3.63, 3.8) is 0 Å². The van der Waals surface area contributed by atoms with Gasteiger partial charge in [0.25, 0.3) is 23.6 Å². The number of fused-ring (bicyclic) bond motifs is 4. The molecule has 5 saturated carbocycles. The van der Waals surface area contributed by atoms with Crippen LogP contribution in [0.25, 0.3) is 44.1 Å². The van der Waals surface area contributed by atoms with E-state index < -0.39 is 0 Å². The molecule has 21 rings (SSSR count). The zero-order chi connectivity index (χ0) is 104. The van der Waals surface area contributed by atoms with Crippen molar-refractivity contribution < 1.29 is 47.9 Å². The lowest BCUT2D eigenvalue weighted by molar-refractivity contribution is -0.126. The lowest BCUT2D eigenvalue weighted by Gasteiger charge is -2.46. The molecule has 4 aliphatic heterocycles. The summed E-state index contributed by atoms with van der Waals surface area (Å²) in [7, 11) is 0. The lowest BCUT2D eigenvalue weighted by Crippen LogP contribution is -2.42. The van der Waals surface area contributed by atoms with Crippen LogP contribution in [0.1, 0.15) is 252 Å². The molecule has 34 heteroatoms. The maximum atomic E-state index is 13.2. The highest BCUT2D eigenvalue weighted by Gasteiger charge is 2.55. The van der Waals surface area contributed by atoms with Gasteiger partial charge < -0.3 is 59.1 Å². The number of carbonyl (C=O) groups is 10. The van der Waals surface area contributed by atoms with Gasteiger partial charge in [-0.15, -0.1) is 34.0 Å². The van der Waals surface area contributed by atoms with Crippen LogP contribution in [0.3, 0.4) is 0 Å². The molecule has 0 bridgehead atoms. The number of benzene rings is 4. The summed E-state index contributed by atoms with van der Waals surface area (Å²) in [5, 5.41) is 28.5. The van der Waals surface area contributed by atoms with Crippen LogP contribution < -0.4 is 42.5 Å². The Hall–Kier alpha value is -13.4. The number of hydrogen-bond acceptors (Lipinski definition) is 20. The second-order valence-electron chi connectivity index (χ2n) is 44.1. The maximum absolute atomic E-state index is 13.2. The first-order chi connectivity index (χ1) is 70.4. The molecule has 0 radical (unpaired) electrons. The molecule has 8 aromatic heterocycles. The number of thiophene rings is 3. The number of aryl methyl sites for hydroxylation is 1. The number of carbonyl (C=O) groups excluding carboxylic acids is 10. The Morgan fingerprint density at radius 2 is 0.782 bits per heavy atom. The highest BCUT2D eigenvalue weighted by molar-refractivity contribution is 7.18. The normalized spacial score (nSPS) is 22.2. The lowest BCUT2D eigenvalue weighted by atomic mass is 9.64. The average molecular weight is 2040 g/mol. The van der Waals surface area contributed by atoms with E-state index in [9.17, 15) is 47.9 Å². The molecule has 2 atom stereocenters. The van der Waals surface area contributed by atoms with Crippen LogP contribution in [0.15, 0.2) is 196 Å². The predicted octanol–water partition coefficient (Wildman–Crippen LogP) is 20.5. The van der Waals surface area contributed by atoms with E-state index in [0.717, 1.165) is 224 Å². The van der Waals surface area contributed by atoms with Crippen molar-refractivity contribution in [1.29, 1.82) is 0 Å². The zero-order valence-corrected chi connectivity index (χ0v) is 88.2. The largest absolute Gasteiger partial charge is 0.339 e. The summed E-state index contributed by atoms with van der Waals surface area (Å²) in [5.74, 6) is 1.41. The van der Waals surface area contributed by atoms with Gasteiger partial charge in [0.1, 0.15) is 0 Å². The van der Waals surface area contributed by atoms with E-state index in [-0.39, 0.29) is 122 Å². The number of rotatable bonds is 26. The number of para-hydroxylation sites is 4. The Morgan fingerprint density at radius 3 is 1.14 bits per heavy atom. The van der Waals surface area contributed by atoms with Crippen molar-refractivity contribution in [2.75, 3.05) is 84.3 Å². The fourth-order valence-corrected chi connectivity index (χ4v) is 25.0. The summed E-state index contributed by atoms with van der Waals surface area (Å²) in [4.78, 5) is 158. The summed E-state index contributed by atoms with van der Waals surface area (Å²) in [5.41, 5.74) is 12.0. The molecule has 0 unspecified atom stereocenters. The number of hydrogen-bond donors (Lipinski definition) is 8. The van der Waals surface area contributed by atoms with Crippen LogP contribution in [0, 0.1) is 45.3 Å². The first-order valence-electron chi connectivity index (χ1n) is 51.5. The molecule has 12 aromatic rings. The smallest absolute Gasteiger partial charge is 0.268 e. The van der Waals surface area contributed by atoms with Crippen molar-refractivity contribution in [3.05, 3.63) is 233 Å². The molecule has 4 spiro atoms. The van der Waals surface area contributed by atoms with Crippen LogP contribution in [0.5, 0.6) is 0 Å². The summed E-state index contributed by atoms with van der Waals surface area (Å²) < 4.78 is 8.67. The number of likely N-dealkylation sites (tertiary alicyclic amines) is 4. The molecule has 5 aliphatic carbocycles. The number of nitrogens with zero attached hydrogens (tertiary/aromatic N) is 13. The molecule has 31 nitrogen and oxygen atoms in total. The summed E-state index contributed by atoms with van der Waals surface area (Å²) in [6, 6.07) is 44.5. The SMILES string of the molecule is C=CC(=O)N1CCC2(CC(n3c(NC(=O)c4ccc(C)nc4)nc4cc(CN[C@@H](C)C(C)(C)C)ccc43)C2)C1.C=CC(=O)N1CCC2(CC(n3c(NC(=O)c4ccc(NC(=O)C5CCCC5)s4)nc4ccccc43)C2)C1.C=CC(=O)N1CCC2(CC(n3c(NC(=O)c4ccc(NC(=O)CC)s4)nc4ccccc43)C2)C1.C=CC(=O)N1CCC2(CC(n3c(NC(=O)c4cccs4)nc4cc(CN[C@@H](C)C(C)(C)C)ccc43)C2)C1. The number of imidazole rings is 4. The molecule has 9 fully saturated rings. The number of aromatic nitrogens is 9. The third-order valence-corrected chi connectivity index (χ3v) is 34.9. The first-order valence-corrected chi connectivity index (χ1v) is 54.0. The van der Waals surface area contributed by atoms with E-state index in [1.165, 1.54) is 63.9 Å². The molecule has 8 N–H and O–H groups in total. The highest BCUT2D eigenvalue weighted by atomic mass is 32.1. The zero-order valence-electron chi connectivity index (χ0n) is 85.7. The van der Waals surface area contributed by atoms with Crippen molar-refractivity contribution in [2.24, 2.45) is 38.4 Å². The van der Waals surface area contributed by atoms with Crippen molar-refractivity contribution in [2.45, 2.75) is 228 Å². The Bertz CT molecular complexity index is 7030. The number of nitrogens with one attached hydrogen (secondary N) is 8. The molecular formula is C113H135N21O10S3. The quantitative estimate of drug-likeness (QED) is 0.0233. The summed E-state index contributed by atoms with van der Waals surface area (Å²) in [6.07, 6.45) is 23.2. The Balaban J connectivity index is 0.000000129. The number of amides is 10. The van der Waals surface area contributed by atoms with E-state index in [4.69, 9.17) is 19.9 Å². The fraction of sp³-hybridized carbons (Fsp3) is 0.442. The van der Waals surface area contributed by atoms with Crippen molar-refractivity contribution in [1.82, 2.24) is 73.4 Å². The first kappa shape index (κ1) is 104. The third-order valence-electron chi connectivity index (χ3n) is 32.1. The second kappa shape index (κ2) is 42.8. The average Bonchev–Trinajstić information content (AvgIpc) is 1.60. The third kappa shape index (κ3) is 22.6. The van der Waals surface area contributed by atoms with Gasteiger partial charge in [0.15, 0.2) is 0 Å². The van der Waals surface area contributed by atoms with Crippen LogP contribution in [-0.2, 0) is 41.9 Å². The molecule has 4 aromatic carbocycles. The summed E-state index contributed by atoms with van der Waals surface area (Å²) in [6.45, 7) is 43.7. The van der Waals surface area contributed by atoms with Gasteiger partial charge in [-0.05, 0) is 275 Å². The minimum Gasteiger partial charge on any atom is -0.339 e. The van der Waals surface area contributed by atoms with Crippen LogP contribution in [0.4, 0.5) is 33.8 Å². The van der Waals surface area contributed by atoms with Gasteiger partial charge in [-0.2, -0.15) is 0 Å².